The van der Waals surface area contributed by atoms with E-state index in [1.54, 1.807) is 4.90 Å². The zero-order chi connectivity index (χ0) is 17.2. The molecule has 1 saturated heterocycles. The zero-order valence-electron chi connectivity index (χ0n) is 14.9. The third kappa shape index (κ3) is 3.09. The summed E-state index contributed by atoms with van der Waals surface area (Å²) in [5.41, 5.74) is -0.655. The summed E-state index contributed by atoms with van der Waals surface area (Å²) >= 11 is 0. The van der Waals surface area contributed by atoms with Crippen molar-refractivity contribution in [3.8, 4) is 0 Å². The lowest BCUT2D eigenvalue weighted by atomic mass is 9.78. The summed E-state index contributed by atoms with van der Waals surface area (Å²) in [4.78, 5) is 15.2. The molecule has 0 bridgehead atoms. The van der Waals surface area contributed by atoms with E-state index in [1.807, 2.05) is 37.4 Å². The second-order valence-electron chi connectivity index (χ2n) is 7.52. The Morgan fingerprint density at radius 3 is 2.50 bits per heavy atom. The van der Waals surface area contributed by atoms with Crippen molar-refractivity contribution in [3.05, 3.63) is 35.9 Å². The van der Waals surface area contributed by atoms with Gasteiger partial charge in [0.2, 0.25) is 0 Å². The minimum atomic E-state index is -1.40. The topological polar surface area (TPSA) is 52.6 Å². The van der Waals surface area contributed by atoms with Crippen LogP contribution in [-0.2, 0) is 10.4 Å². The van der Waals surface area contributed by atoms with Crippen molar-refractivity contribution in [2.75, 3.05) is 20.1 Å². The SMILES string of the molecule is CC(C1CCNC1)N(C)C(=O)C(O)(c1ccccc1)C1CCCC1. The standard InChI is InChI=1S/C20H30N2O2/c1-15(16-12-13-21-14-16)22(2)19(23)20(24,18-10-6-7-11-18)17-8-4-3-5-9-17/h3-5,8-9,15-16,18,21,24H,6-7,10-14H2,1-2H3. The molecule has 4 heteroatoms. The minimum absolute atomic E-state index is 0.0174. The van der Waals surface area contributed by atoms with Gasteiger partial charge in [0, 0.05) is 19.0 Å². The van der Waals surface area contributed by atoms with E-state index in [2.05, 4.69) is 12.2 Å². The number of hydrogen-bond donors (Lipinski definition) is 2. The Morgan fingerprint density at radius 1 is 1.25 bits per heavy atom. The van der Waals surface area contributed by atoms with Gasteiger partial charge in [-0.15, -0.1) is 0 Å². The van der Waals surface area contributed by atoms with Crippen LogP contribution in [0, 0.1) is 11.8 Å². The average Bonchev–Trinajstić information content (AvgIpc) is 3.33. The maximum absolute atomic E-state index is 13.4. The summed E-state index contributed by atoms with van der Waals surface area (Å²) in [6.45, 7) is 4.07. The molecule has 2 fully saturated rings. The Balaban J connectivity index is 1.88. The van der Waals surface area contributed by atoms with Crippen LogP contribution < -0.4 is 5.32 Å². The first-order chi connectivity index (χ1) is 11.5. The first-order valence-electron chi connectivity index (χ1n) is 9.31. The molecule has 2 N–H and O–H groups in total. The fourth-order valence-electron chi connectivity index (χ4n) is 4.43. The van der Waals surface area contributed by atoms with Crippen LogP contribution in [0.4, 0.5) is 0 Å². The smallest absolute Gasteiger partial charge is 0.259 e. The van der Waals surface area contributed by atoms with Crippen molar-refractivity contribution in [1.82, 2.24) is 10.2 Å². The fraction of sp³-hybridized carbons (Fsp3) is 0.650. The summed E-state index contributed by atoms with van der Waals surface area (Å²) in [6, 6.07) is 9.67. The van der Waals surface area contributed by atoms with Gasteiger partial charge in [-0.25, -0.2) is 0 Å². The van der Waals surface area contributed by atoms with Gasteiger partial charge in [0.25, 0.3) is 5.91 Å². The number of amides is 1. The number of nitrogens with one attached hydrogen (secondary N) is 1. The van der Waals surface area contributed by atoms with Gasteiger partial charge in [-0.2, -0.15) is 0 Å². The highest BCUT2D eigenvalue weighted by atomic mass is 16.3. The van der Waals surface area contributed by atoms with E-state index in [0.29, 0.717) is 5.92 Å². The highest BCUT2D eigenvalue weighted by Gasteiger charge is 2.48. The lowest BCUT2D eigenvalue weighted by Gasteiger charge is -2.40. The van der Waals surface area contributed by atoms with Crippen LogP contribution in [0.25, 0.3) is 0 Å². The van der Waals surface area contributed by atoms with E-state index in [4.69, 9.17) is 0 Å². The summed E-state index contributed by atoms with van der Waals surface area (Å²) in [5, 5.41) is 15.0. The lowest BCUT2D eigenvalue weighted by Crippen LogP contribution is -2.53. The number of nitrogens with zero attached hydrogens (tertiary/aromatic N) is 1. The predicted molar refractivity (Wildman–Crippen MR) is 95.5 cm³/mol. The van der Waals surface area contributed by atoms with Crippen LogP contribution in [0.15, 0.2) is 30.3 Å². The molecule has 0 radical (unpaired) electrons. The van der Waals surface area contributed by atoms with Gasteiger partial charge in [0.15, 0.2) is 5.60 Å². The molecule has 1 aromatic rings. The van der Waals surface area contributed by atoms with Crippen LogP contribution in [0.5, 0.6) is 0 Å². The summed E-state index contributed by atoms with van der Waals surface area (Å²) in [6.07, 6.45) is 5.12. The monoisotopic (exact) mass is 330 g/mol. The van der Waals surface area contributed by atoms with Gasteiger partial charge >= 0.3 is 0 Å². The van der Waals surface area contributed by atoms with Crippen molar-refractivity contribution in [2.24, 2.45) is 11.8 Å². The van der Waals surface area contributed by atoms with Crippen molar-refractivity contribution in [1.29, 1.82) is 0 Å². The minimum Gasteiger partial charge on any atom is -0.375 e. The Bertz CT molecular complexity index is 550. The van der Waals surface area contributed by atoms with Crippen LogP contribution in [-0.4, -0.2) is 42.1 Å². The molecule has 3 unspecified atom stereocenters. The molecule has 1 saturated carbocycles. The molecular weight excluding hydrogens is 300 g/mol. The number of likely N-dealkylation sites (N-methyl/N-ethyl adjacent to an activating group) is 1. The molecule has 1 aromatic carbocycles. The molecule has 2 aliphatic rings. The molecular formula is C20H30N2O2. The molecule has 132 valence electrons. The largest absolute Gasteiger partial charge is 0.375 e. The second-order valence-corrected chi connectivity index (χ2v) is 7.52. The molecule has 24 heavy (non-hydrogen) atoms. The molecule has 0 spiro atoms. The van der Waals surface area contributed by atoms with Gasteiger partial charge in [0.05, 0.1) is 0 Å². The first-order valence-corrected chi connectivity index (χ1v) is 9.31. The number of benzene rings is 1. The van der Waals surface area contributed by atoms with Crippen LogP contribution in [0.2, 0.25) is 0 Å². The summed E-state index contributed by atoms with van der Waals surface area (Å²) in [5.74, 6) is 0.339. The third-order valence-corrected chi connectivity index (χ3v) is 6.20. The maximum atomic E-state index is 13.4. The van der Waals surface area contributed by atoms with E-state index in [-0.39, 0.29) is 17.9 Å². The molecule has 1 amide bonds. The number of hydrogen-bond acceptors (Lipinski definition) is 3. The van der Waals surface area contributed by atoms with Gasteiger partial charge in [-0.3, -0.25) is 4.79 Å². The molecule has 1 aliphatic heterocycles. The maximum Gasteiger partial charge on any atom is 0.259 e. The van der Waals surface area contributed by atoms with Crippen molar-refractivity contribution >= 4 is 5.91 Å². The number of carbonyl (C=O) groups excluding carboxylic acids is 1. The average molecular weight is 330 g/mol. The quantitative estimate of drug-likeness (QED) is 0.872. The van der Waals surface area contributed by atoms with E-state index in [1.165, 1.54) is 0 Å². The zero-order valence-corrected chi connectivity index (χ0v) is 14.9. The van der Waals surface area contributed by atoms with Gasteiger partial charge in [-0.05, 0) is 50.8 Å². The van der Waals surface area contributed by atoms with Crippen LogP contribution >= 0.6 is 0 Å². The van der Waals surface area contributed by atoms with Crippen molar-refractivity contribution in [2.45, 2.75) is 50.7 Å². The van der Waals surface area contributed by atoms with Crippen molar-refractivity contribution < 1.29 is 9.90 Å². The number of rotatable bonds is 5. The molecule has 1 aliphatic carbocycles. The number of carbonyl (C=O) groups is 1. The van der Waals surface area contributed by atoms with E-state index in [9.17, 15) is 9.90 Å². The van der Waals surface area contributed by atoms with Gasteiger partial charge in [0.1, 0.15) is 0 Å². The molecule has 3 rings (SSSR count). The van der Waals surface area contributed by atoms with Crippen molar-refractivity contribution in [3.63, 3.8) is 0 Å². The summed E-state index contributed by atoms with van der Waals surface area (Å²) < 4.78 is 0. The molecule has 1 heterocycles. The van der Waals surface area contributed by atoms with Gasteiger partial charge < -0.3 is 15.3 Å². The van der Waals surface area contributed by atoms with Crippen LogP contribution in [0.1, 0.15) is 44.6 Å². The molecule has 4 nitrogen and oxygen atoms in total. The fourth-order valence-corrected chi connectivity index (χ4v) is 4.43. The van der Waals surface area contributed by atoms with E-state index in [0.717, 1.165) is 50.8 Å². The molecule has 3 atom stereocenters. The highest BCUT2D eigenvalue weighted by molar-refractivity contribution is 5.87. The first kappa shape index (κ1) is 17.4. The Labute approximate surface area is 145 Å². The molecule has 0 aromatic heterocycles. The Morgan fingerprint density at radius 2 is 1.92 bits per heavy atom. The van der Waals surface area contributed by atoms with E-state index >= 15 is 0 Å². The summed E-state index contributed by atoms with van der Waals surface area (Å²) in [7, 11) is 1.86. The van der Waals surface area contributed by atoms with E-state index < -0.39 is 5.60 Å². The lowest BCUT2D eigenvalue weighted by molar-refractivity contribution is -0.160. The van der Waals surface area contributed by atoms with Crippen LogP contribution in [0.3, 0.4) is 0 Å². The van der Waals surface area contributed by atoms with Gasteiger partial charge in [-0.1, -0.05) is 43.2 Å². The second kappa shape index (κ2) is 7.24. The Kier molecular flexibility index (Phi) is 5.26. The Hall–Kier alpha value is -1.39. The predicted octanol–water partition coefficient (Wildman–Crippen LogP) is 2.52. The highest BCUT2D eigenvalue weighted by Crippen LogP contribution is 2.42. The number of aliphatic hydroxyl groups is 1. The third-order valence-electron chi connectivity index (χ3n) is 6.20. The normalized spacial score (nSPS) is 25.4.